The monoisotopic (exact) mass is 446 g/mol. The first kappa shape index (κ1) is 21.9. The van der Waals surface area contributed by atoms with Gasteiger partial charge in [-0.05, 0) is 32.1 Å². The summed E-state index contributed by atoms with van der Waals surface area (Å²) in [4.78, 5) is 6.89. The number of aliphatic imine (C=N–C) groups is 1. The van der Waals surface area contributed by atoms with Gasteiger partial charge in [-0.3, -0.25) is 4.99 Å². The highest BCUT2D eigenvalue weighted by molar-refractivity contribution is 14.0. The summed E-state index contributed by atoms with van der Waals surface area (Å²) in [6.45, 7) is 12.2. The molecule has 0 atom stereocenters. The van der Waals surface area contributed by atoms with E-state index in [-0.39, 0.29) is 29.7 Å². The van der Waals surface area contributed by atoms with Gasteiger partial charge in [-0.25, -0.2) is 13.1 Å². The van der Waals surface area contributed by atoms with Crippen molar-refractivity contribution in [2.75, 3.05) is 38.5 Å². The highest BCUT2D eigenvalue weighted by Crippen LogP contribution is 2.28. The summed E-state index contributed by atoms with van der Waals surface area (Å²) in [6.07, 6.45) is 1.89. The Morgan fingerprint density at radius 2 is 2.00 bits per heavy atom. The van der Waals surface area contributed by atoms with Gasteiger partial charge in [0, 0.05) is 32.7 Å². The van der Waals surface area contributed by atoms with Crippen LogP contribution in [0.1, 0.15) is 40.5 Å². The molecule has 0 spiro atoms. The number of hydrogen-bond donors (Lipinski definition) is 2. The van der Waals surface area contributed by atoms with Crippen LogP contribution in [0, 0.1) is 5.41 Å². The topological polar surface area (TPSA) is 73.8 Å². The van der Waals surface area contributed by atoms with E-state index in [1.54, 1.807) is 6.92 Å². The summed E-state index contributed by atoms with van der Waals surface area (Å²) in [5.41, 5.74) is 0.340. The van der Waals surface area contributed by atoms with Gasteiger partial charge in [-0.15, -0.1) is 24.0 Å². The van der Waals surface area contributed by atoms with E-state index in [2.05, 4.69) is 40.7 Å². The van der Waals surface area contributed by atoms with E-state index >= 15 is 0 Å². The van der Waals surface area contributed by atoms with Gasteiger partial charge in [0.05, 0.1) is 5.75 Å². The van der Waals surface area contributed by atoms with Gasteiger partial charge >= 0.3 is 0 Å². The van der Waals surface area contributed by atoms with E-state index in [4.69, 9.17) is 0 Å². The van der Waals surface area contributed by atoms with E-state index in [0.29, 0.717) is 24.9 Å². The molecule has 1 heterocycles. The fraction of sp³-hybridized carbons (Fsp3) is 0.929. The van der Waals surface area contributed by atoms with Gasteiger partial charge in [0.15, 0.2) is 5.96 Å². The molecule has 0 unspecified atom stereocenters. The van der Waals surface area contributed by atoms with Crippen molar-refractivity contribution in [3.63, 3.8) is 0 Å². The Balaban J connectivity index is 0.00000441. The molecule has 0 bridgehead atoms. The van der Waals surface area contributed by atoms with E-state index in [1.807, 2.05) is 0 Å². The van der Waals surface area contributed by atoms with Gasteiger partial charge in [0.25, 0.3) is 0 Å². The second kappa shape index (κ2) is 9.92. The summed E-state index contributed by atoms with van der Waals surface area (Å²) >= 11 is 0. The van der Waals surface area contributed by atoms with Crippen molar-refractivity contribution in [2.24, 2.45) is 10.4 Å². The zero-order valence-electron chi connectivity index (χ0n) is 14.2. The normalized spacial score (nSPS) is 18.2. The van der Waals surface area contributed by atoms with Gasteiger partial charge in [0.1, 0.15) is 0 Å². The Hall–Kier alpha value is -0.0900. The quantitative estimate of drug-likeness (QED) is 0.270. The molecule has 0 radical (unpaired) electrons. The lowest BCUT2D eigenvalue weighted by atomic mass is 9.93. The van der Waals surface area contributed by atoms with Crippen molar-refractivity contribution in [3.8, 4) is 0 Å². The zero-order valence-corrected chi connectivity index (χ0v) is 17.3. The van der Waals surface area contributed by atoms with Gasteiger partial charge in [0.2, 0.25) is 10.0 Å². The molecule has 0 aromatic carbocycles. The number of rotatable bonds is 7. The molecular formula is C14H31IN4O2S. The second-order valence-electron chi connectivity index (χ2n) is 6.22. The Morgan fingerprint density at radius 1 is 1.32 bits per heavy atom. The molecule has 2 N–H and O–H groups in total. The number of likely N-dealkylation sites (tertiary alicyclic amines) is 1. The predicted octanol–water partition coefficient (Wildman–Crippen LogP) is 1.63. The van der Waals surface area contributed by atoms with Crippen LogP contribution in [0.2, 0.25) is 0 Å². The Kier molecular flexibility index (Phi) is 9.88. The van der Waals surface area contributed by atoms with Crippen molar-refractivity contribution < 1.29 is 8.42 Å². The molecule has 1 rings (SSSR count). The van der Waals surface area contributed by atoms with Crippen molar-refractivity contribution in [1.29, 1.82) is 0 Å². The smallest absolute Gasteiger partial charge is 0.211 e. The van der Waals surface area contributed by atoms with Crippen molar-refractivity contribution in [2.45, 2.75) is 40.5 Å². The molecular weight excluding hydrogens is 415 g/mol. The van der Waals surface area contributed by atoms with Gasteiger partial charge in [-0.1, -0.05) is 13.8 Å². The Morgan fingerprint density at radius 3 is 2.50 bits per heavy atom. The number of nitrogens with one attached hydrogen (secondary N) is 2. The van der Waals surface area contributed by atoms with E-state index in [1.165, 1.54) is 6.42 Å². The summed E-state index contributed by atoms with van der Waals surface area (Å²) in [5, 5.41) is 3.32. The number of nitrogens with zero attached hydrogens (tertiary/aromatic N) is 2. The maximum Gasteiger partial charge on any atom is 0.211 e. The zero-order chi connectivity index (χ0) is 15.9. The van der Waals surface area contributed by atoms with Crippen molar-refractivity contribution >= 4 is 40.0 Å². The molecule has 1 fully saturated rings. The molecule has 0 amide bonds. The minimum atomic E-state index is -3.09. The third kappa shape index (κ3) is 7.96. The van der Waals surface area contributed by atoms with Gasteiger partial charge in [-0.2, -0.15) is 0 Å². The lowest BCUT2D eigenvalue weighted by molar-refractivity contribution is 0.370. The van der Waals surface area contributed by atoms with Crippen molar-refractivity contribution in [3.05, 3.63) is 0 Å². The fourth-order valence-corrected chi connectivity index (χ4v) is 2.97. The molecule has 22 heavy (non-hydrogen) atoms. The van der Waals surface area contributed by atoms with Crippen LogP contribution in [-0.4, -0.2) is 57.8 Å². The molecule has 0 aliphatic carbocycles. The molecule has 8 heteroatoms. The molecule has 0 aromatic rings. The minimum absolute atomic E-state index is 0. The lowest BCUT2D eigenvalue weighted by Gasteiger charge is -2.23. The maximum absolute atomic E-state index is 11.3. The Bertz CT molecular complexity index is 452. The van der Waals surface area contributed by atoms with Crippen molar-refractivity contribution in [1.82, 2.24) is 14.9 Å². The van der Waals surface area contributed by atoms with Crippen LogP contribution in [0.4, 0.5) is 0 Å². The average molecular weight is 446 g/mol. The van der Waals surface area contributed by atoms with Gasteiger partial charge < -0.3 is 10.2 Å². The number of guanidine groups is 1. The van der Waals surface area contributed by atoms with Crippen LogP contribution < -0.4 is 10.0 Å². The molecule has 0 saturated carbocycles. The number of hydrogen-bond acceptors (Lipinski definition) is 3. The first-order valence-electron chi connectivity index (χ1n) is 7.80. The molecule has 1 aliphatic heterocycles. The third-order valence-electron chi connectivity index (χ3n) is 3.61. The van der Waals surface area contributed by atoms with E-state index in [9.17, 15) is 8.42 Å². The summed E-state index contributed by atoms with van der Waals surface area (Å²) in [6, 6.07) is 0. The van der Waals surface area contributed by atoms with Crippen LogP contribution >= 0.6 is 24.0 Å². The van der Waals surface area contributed by atoms with E-state index in [0.717, 1.165) is 25.6 Å². The molecule has 1 aliphatic rings. The summed E-state index contributed by atoms with van der Waals surface area (Å²) < 4.78 is 25.2. The lowest BCUT2D eigenvalue weighted by Crippen LogP contribution is -2.41. The molecule has 1 saturated heterocycles. The number of halogens is 1. The van der Waals surface area contributed by atoms with Crippen LogP contribution in [0.5, 0.6) is 0 Å². The SMILES string of the molecule is CCNC(=NCCCNS(=O)(=O)CC)N1CCC(C)(C)C1.I. The fourth-order valence-electron chi connectivity index (χ4n) is 2.31. The second-order valence-corrected chi connectivity index (χ2v) is 8.32. The highest BCUT2D eigenvalue weighted by Gasteiger charge is 2.30. The van der Waals surface area contributed by atoms with Crippen LogP contribution in [0.15, 0.2) is 4.99 Å². The third-order valence-corrected chi connectivity index (χ3v) is 5.01. The predicted molar refractivity (Wildman–Crippen MR) is 103 cm³/mol. The average Bonchev–Trinajstić information content (AvgIpc) is 2.77. The molecule has 132 valence electrons. The minimum Gasteiger partial charge on any atom is -0.357 e. The first-order valence-corrected chi connectivity index (χ1v) is 9.45. The molecule has 0 aromatic heterocycles. The van der Waals surface area contributed by atoms with E-state index < -0.39 is 10.0 Å². The largest absolute Gasteiger partial charge is 0.357 e. The molecule has 6 nitrogen and oxygen atoms in total. The van der Waals surface area contributed by atoms with Crippen LogP contribution in [-0.2, 0) is 10.0 Å². The maximum atomic E-state index is 11.3. The number of sulfonamides is 1. The first-order chi connectivity index (χ1) is 9.79. The van der Waals surface area contributed by atoms with Crippen LogP contribution in [0.25, 0.3) is 0 Å². The Labute approximate surface area is 152 Å². The van der Waals surface area contributed by atoms with Crippen LogP contribution in [0.3, 0.4) is 0 Å². The standard InChI is InChI=1S/C14H30N4O2S.HI/c1-5-15-13(18-11-8-14(3,4)12-18)16-9-7-10-17-21(19,20)6-2;/h17H,5-12H2,1-4H3,(H,15,16);1H. The summed E-state index contributed by atoms with van der Waals surface area (Å²) in [5.74, 6) is 1.07. The highest BCUT2D eigenvalue weighted by atomic mass is 127. The summed E-state index contributed by atoms with van der Waals surface area (Å²) in [7, 11) is -3.09.